The molecule has 2 N–H and O–H groups in total. The first kappa shape index (κ1) is 15.1. The second-order valence-corrected chi connectivity index (χ2v) is 5.39. The first-order valence-corrected chi connectivity index (χ1v) is 7.31. The Morgan fingerprint density at radius 3 is 2.38 bits per heavy atom. The monoisotopic (exact) mass is 282 g/mol. The molecule has 3 heteroatoms. The van der Waals surface area contributed by atoms with Gasteiger partial charge >= 0.3 is 6.03 Å². The van der Waals surface area contributed by atoms with Crippen molar-refractivity contribution in [3.8, 4) is 0 Å². The molecule has 2 amide bonds. The number of carbonyl (C=O) groups is 1. The topological polar surface area (TPSA) is 41.1 Å². The summed E-state index contributed by atoms with van der Waals surface area (Å²) in [4.78, 5) is 11.9. The van der Waals surface area contributed by atoms with Crippen LogP contribution < -0.4 is 10.6 Å². The standard InChI is InChI=1S/C18H22N2O/c1-14-8-12-17(13-9-14)20-18(21)19-15(2)10-11-16-6-4-3-5-7-16/h3-9,12-13,15H,10-11H2,1-2H3,(H2,19,20,21)/t15-/m0/s1. The summed E-state index contributed by atoms with van der Waals surface area (Å²) in [6.07, 6.45) is 1.89. The van der Waals surface area contributed by atoms with Gasteiger partial charge in [-0.3, -0.25) is 0 Å². The Balaban J connectivity index is 1.75. The predicted molar refractivity (Wildman–Crippen MR) is 87.6 cm³/mol. The maximum absolute atomic E-state index is 11.9. The van der Waals surface area contributed by atoms with Crippen molar-refractivity contribution in [2.45, 2.75) is 32.7 Å². The minimum Gasteiger partial charge on any atom is -0.335 e. The molecule has 0 radical (unpaired) electrons. The average Bonchev–Trinajstić information content (AvgIpc) is 2.48. The van der Waals surface area contributed by atoms with E-state index in [0.29, 0.717) is 0 Å². The number of nitrogens with one attached hydrogen (secondary N) is 2. The number of hydrogen-bond acceptors (Lipinski definition) is 1. The largest absolute Gasteiger partial charge is 0.335 e. The van der Waals surface area contributed by atoms with Crippen molar-refractivity contribution in [1.29, 1.82) is 0 Å². The molecule has 2 aromatic rings. The molecule has 0 saturated heterocycles. The molecular formula is C18H22N2O. The Morgan fingerprint density at radius 1 is 1.05 bits per heavy atom. The van der Waals surface area contributed by atoms with E-state index in [4.69, 9.17) is 0 Å². The molecule has 0 saturated carbocycles. The molecule has 1 atom stereocenters. The van der Waals surface area contributed by atoms with Gasteiger partial charge in [0.15, 0.2) is 0 Å². The molecule has 0 aliphatic rings. The Bertz CT molecular complexity index is 564. The van der Waals surface area contributed by atoms with Gasteiger partial charge in [0.2, 0.25) is 0 Å². The SMILES string of the molecule is Cc1ccc(NC(=O)N[C@@H](C)CCc2ccccc2)cc1. The normalized spacial score (nSPS) is 11.7. The first-order valence-electron chi connectivity index (χ1n) is 7.31. The molecule has 3 nitrogen and oxygen atoms in total. The van der Waals surface area contributed by atoms with Crippen molar-refractivity contribution in [3.63, 3.8) is 0 Å². The lowest BCUT2D eigenvalue weighted by Crippen LogP contribution is -2.36. The van der Waals surface area contributed by atoms with Crippen LogP contribution in [-0.2, 0) is 6.42 Å². The van der Waals surface area contributed by atoms with E-state index in [-0.39, 0.29) is 12.1 Å². The summed E-state index contributed by atoms with van der Waals surface area (Å²) in [5, 5.41) is 5.81. The lowest BCUT2D eigenvalue weighted by molar-refractivity contribution is 0.248. The van der Waals surface area contributed by atoms with Crippen LogP contribution >= 0.6 is 0 Å². The molecule has 21 heavy (non-hydrogen) atoms. The summed E-state index contributed by atoms with van der Waals surface area (Å²) in [5.41, 5.74) is 3.29. The Labute approximate surface area is 126 Å². The molecule has 2 rings (SSSR count). The van der Waals surface area contributed by atoms with Gasteiger partial charge in [-0.15, -0.1) is 0 Å². The fourth-order valence-corrected chi connectivity index (χ4v) is 2.13. The van der Waals surface area contributed by atoms with Crippen LogP contribution in [0.25, 0.3) is 0 Å². The van der Waals surface area contributed by atoms with E-state index >= 15 is 0 Å². The van der Waals surface area contributed by atoms with Crippen molar-refractivity contribution >= 4 is 11.7 Å². The fraction of sp³-hybridized carbons (Fsp3) is 0.278. The van der Waals surface area contributed by atoms with Crippen LogP contribution in [0.4, 0.5) is 10.5 Å². The zero-order chi connectivity index (χ0) is 15.1. The number of aryl methyl sites for hydroxylation is 2. The predicted octanol–water partition coefficient (Wildman–Crippen LogP) is 4.14. The van der Waals surface area contributed by atoms with Crippen LogP contribution in [0.1, 0.15) is 24.5 Å². The molecule has 0 heterocycles. The van der Waals surface area contributed by atoms with Gasteiger partial charge in [0.25, 0.3) is 0 Å². The summed E-state index contributed by atoms with van der Waals surface area (Å²) in [7, 11) is 0. The van der Waals surface area contributed by atoms with Crippen molar-refractivity contribution in [2.75, 3.05) is 5.32 Å². The fourth-order valence-electron chi connectivity index (χ4n) is 2.13. The summed E-state index contributed by atoms with van der Waals surface area (Å²) < 4.78 is 0. The van der Waals surface area contributed by atoms with Gasteiger partial charge in [-0.05, 0) is 44.4 Å². The van der Waals surface area contributed by atoms with Crippen LogP contribution in [0.2, 0.25) is 0 Å². The third-order valence-corrected chi connectivity index (χ3v) is 3.40. The van der Waals surface area contributed by atoms with Gasteiger partial charge in [0, 0.05) is 11.7 Å². The highest BCUT2D eigenvalue weighted by molar-refractivity contribution is 5.89. The van der Waals surface area contributed by atoms with E-state index in [1.807, 2.05) is 56.3 Å². The average molecular weight is 282 g/mol. The Kier molecular flexibility index (Phi) is 5.38. The van der Waals surface area contributed by atoms with E-state index in [1.165, 1.54) is 11.1 Å². The van der Waals surface area contributed by atoms with Gasteiger partial charge < -0.3 is 10.6 Å². The van der Waals surface area contributed by atoms with Gasteiger partial charge in [-0.1, -0.05) is 48.0 Å². The second kappa shape index (κ2) is 7.48. The third-order valence-electron chi connectivity index (χ3n) is 3.40. The number of carbonyl (C=O) groups excluding carboxylic acids is 1. The van der Waals surface area contributed by atoms with Crippen molar-refractivity contribution in [2.24, 2.45) is 0 Å². The molecule has 0 bridgehead atoms. The number of urea groups is 1. The second-order valence-electron chi connectivity index (χ2n) is 5.39. The highest BCUT2D eigenvalue weighted by Crippen LogP contribution is 2.09. The Hall–Kier alpha value is -2.29. The summed E-state index contributed by atoms with van der Waals surface area (Å²) >= 11 is 0. The summed E-state index contributed by atoms with van der Waals surface area (Å²) in [5.74, 6) is 0. The maximum Gasteiger partial charge on any atom is 0.319 e. The van der Waals surface area contributed by atoms with Crippen LogP contribution in [0.5, 0.6) is 0 Å². The molecule has 0 fully saturated rings. The lowest BCUT2D eigenvalue weighted by Gasteiger charge is -2.14. The van der Waals surface area contributed by atoms with Gasteiger partial charge in [0.05, 0.1) is 0 Å². The zero-order valence-electron chi connectivity index (χ0n) is 12.6. The minimum atomic E-state index is -0.153. The highest BCUT2D eigenvalue weighted by atomic mass is 16.2. The zero-order valence-corrected chi connectivity index (χ0v) is 12.6. The van der Waals surface area contributed by atoms with E-state index in [2.05, 4.69) is 22.8 Å². The van der Waals surface area contributed by atoms with Crippen molar-refractivity contribution in [3.05, 3.63) is 65.7 Å². The molecule has 0 spiro atoms. The van der Waals surface area contributed by atoms with Gasteiger partial charge in [-0.2, -0.15) is 0 Å². The van der Waals surface area contributed by atoms with Gasteiger partial charge in [0.1, 0.15) is 0 Å². The number of anilines is 1. The van der Waals surface area contributed by atoms with E-state index < -0.39 is 0 Å². The van der Waals surface area contributed by atoms with Crippen molar-refractivity contribution in [1.82, 2.24) is 5.32 Å². The molecular weight excluding hydrogens is 260 g/mol. The first-order chi connectivity index (χ1) is 10.1. The summed E-state index contributed by atoms with van der Waals surface area (Å²) in [6, 6.07) is 18.1. The van der Waals surface area contributed by atoms with Crippen molar-refractivity contribution < 1.29 is 4.79 Å². The number of rotatable bonds is 5. The third kappa shape index (κ3) is 5.30. The molecule has 110 valence electrons. The van der Waals surface area contributed by atoms with E-state index in [0.717, 1.165) is 18.5 Å². The quantitative estimate of drug-likeness (QED) is 0.850. The molecule has 2 aromatic carbocycles. The number of hydrogen-bond donors (Lipinski definition) is 2. The van der Waals surface area contributed by atoms with Crippen LogP contribution in [-0.4, -0.2) is 12.1 Å². The molecule has 0 aliphatic heterocycles. The van der Waals surface area contributed by atoms with E-state index in [9.17, 15) is 4.79 Å². The van der Waals surface area contributed by atoms with E-state index in [1.54, 1.807) is 0 Å². The number of amides is 2. The summed E-state index contributed by atoms with van der Waals surface area (Å²) in [6.45, 7) is 4.05. The van der Waals surface area contributed by atoms with Crippen LogP contribution in [0.3, 0.4) is 0 Å². The maximum atomic E-state index is 11.9. The van der Waals surface area contributed by atoms with Crippen LogP contribution in [0, 0.1) is 6.92 Å². The Morgan fingerprint density at radius 2 is 1.71 bits per heavy atom. The molecule has 0 aliphatic carbocycles. The smallest absolute Gasteiger partial charge is 0.319 e. The lowest BCUT2D eigenvalue weighted by atomic mass is 10.1. The number of benzene rings is 2. The van der Waals surface area contributed by atoms with Crippen LogP contribution in [0.15, 0.2) is 54.6 Å². The van der Waals surface area contributed by atoms with Gasteiger partial charge in [-0.25, -0.2) is 4.79 Å². The molecule has 0 aromatic heterocycles. The minimum absolute atomic E-state index is 0.135. The highest BCUT2D eigenvalue weighted by Gasteiger charge is 2.07. The molecule has 0 unspecified atom stereocenters.